The molecule has 1 unspecified atom stereocenters. The summed E-state index contributed by atoms with van der Waals surface area (Å²) in [6.07, 6.45) is 3.88. The maximum Gasteiger partial charge on any atom is 0.289 e. The van der Waals surface area contributed by atoms with Crippen LogP contribution < -0.4 is 5.73 Å². The highest BCUT2D eigenvalue weighted by molar-refractivity contribution is 6.06. The van der Waals surface area contributed by atoms with Crippen LogP contribution >= 0.6 is 0 Å². The topological polar surface area (TPSA) is 92.1 Å². The van der Waals surface area contributed by atoms with Gasteiger partial charge in [0.2, 0.25) is 0 Å². The Morgan fingerprint density at radius 2 is 2.12 bits per heavy atom. The lowest BCUT2D eigenvalue weighted by Crippen LogP contribution is -2.47. The minimum Gasteiger partial charge on any atom is -0.459 e. The van der Waals surface area contributed by atoms with Crippen LogP contribution in [-0.2, 0) is 4.79 Å². The zero-order valence-corrected chi connectivity index (χ0v) is 15.8. The first kappa shape index (κ1) is 18.5. The van der Waals surface area contributed by atoms with Crippen molar-refractivity contribution in [3.05, 3.63) is 24.2 Å². The van der Waals surface area contributed by atoms with E-state index < -0.39 is 5.54 Å². The van der Waals surface area contributed by atoms with Crippen LogP contribution in [0.25, 0.3) is 0 Å². The van der Waals surface area contributed by atoms with Crippen molar-refractivity contribution in [2.45, 2.75) is 45.6 Å². The molecule has 1 aromatic heterocycles. The zero-order valence-electron chi connectivity index (χ0n) is 15.8. The molecule has 3 rings (SSSR count). The van der Waals surface area contributed by atoms with E-state index in [0.29, 0.717) is 49.6 Å². The minimum absolute atomic E-state index is 0.00204. The Hall–Kier alpha value is -2.31. The average molecular weight is 360 g/mol. The molecule has 0 aromatic carbocycles. The second kappa shape index (κ2) is 7.13. The van der Waals surface area contributed by atoms with Gasteiger partial charge in [-0.1, -0.05) is 13.8 Å². The SMILES string of the molecule is CC(C)CC1(C)N=C(N)N(CC2CCN(C(=O)c3ccco3)CC2)C1=O. The Morgan fingerprint density at radius 3 is 2.69 bits per heavy atom. The summed E-state index contributed by atoms with van der Waals surface area (Å²) in [6, 6.07) is 3.40. The first-order chi connectivity index (χ1) is 12.3. The predicted molar refractivity (Wildman–Crippen MR) is 98.5 cm³/mol. The van der Waals surface area contributed by atoms with Gasteiger partial charge in [0.25, 0.3) is 11.8 Å². The summed E-state index contributed by atoms with van der Waals surface area (Å²) < 4.78 is 5.19. The Bertz CT molecular complexity index is 690. The third-order valence-electron chi connectivity index (χ3n) is 5.22. The second-order valence-electron chi connectivity index (χ2n) is 7.97. The van der Waals surface area contributed by atoms with E-state index in [1.807, 2.05) is 11.8 Å². The number of aliphatic imine (C=N–C) groups is 1. The van der Waals surface area contributed by atoms with E-state index in [-0.39, 0.29) is 11.8 Å². The molecule has 0 bridgehead atoms. The van der Waals surface area contributed by atoms with Gasteiger partial charge in [-0.3, -0.25) is 14.5 Å². The summed E-state index contributed by atoms with van der Waals surface area (Å²) in [5.41, 5.74) is 5.31. The fourth-order valence-corrected chi connectivity index (χ4v) is 3.99. The van der Waals surface area contributed by atoms with Crippen molar-refractivity contribution in [2.24, 2.45) is 22.6 Å². The fraction of sp³-hybridized carbons (Fsp3) is 0.632. The van der Waals surface area contributed by atoms with E-state index in [1.54, 1.807) is 17.0 Å². The number of likely N-dealkylation sites (tertiary alicyclic amines) is 1. The number of amides is 2. The Kier molecular flexibility index (Phi) is 5.07. The molecule has 1 aromatic rings. The van der Waals surface area contributed by atoms with Crippen molar-refractivity contribution in [1.29, 1.82) is 0 Å². The molecular formula is C19H28N4O3. The number of hydrogen-bond donors (Lipinski definition) is 1. The summed E-state index contributed by atoms with van der Waals surface area (Å²) in [4.78, 5) is 33.1. The van der Waals surface area contributed by atoms with Crippen LogP contribution in [0.5, 0.6) is 0 Å². The second-order valence-corrected chi connectivity index (χ2v) is 7.97. The van der Waals surface area contributed by atoms with Crippen molar-refractivity contribution < 1.29 is 14.0 Å². The summed E-state index contributed by atoms with van der Waals surface area (Å²) in [5.74, 6) is 1.31. The molecule has 7 nitrogen and oxygen atoms in total. The molecule has 7 heteroatoms. The van der Waals surface area contributed by atoms with Gasteiger partial charge in [0, 0.05) is 19.6 Å². The lowest BCUT2D eigenvalue weighted by molar-refractivity contribution is -0.131. The third kappa shape index (κ3) is 3.61. The summed E-state index contributed by atoms with van der Waals surface area (Å²) in [5, 5.41) is 0. The number of guanidine groups is 1. The molecule has 2 amide bonds. The standard InChI is InChI=1S/C19H28N4O3/c1-13(2)11-19(3)17(25)23(18(20)21-19)12-14-6-8-22(9-7-14)16(24)15-5-4-10-26-15/h4-5,10,13-14H,6-9,11-12H2,1-3H3,(H2,20,21). The Labute approximate surface area is 154 Å². The molecule has 1 saturated heterocycles. The number of carbonyl (C=O) groups is 2. The number of nitrogens with two attached hydrogens (primary N) is 1. The van der Waals surface area contributed by atoms with Gasteiger partial charge in [0.15, 0.2) is 11.7 Å². The summed E-state index contributed by atoms with van der Waals surface area (Å²) >= 11 is 0. The largest absolute Gasteiger partial charge is 0.459 e. The fourth-order valence-electron chi connectivity index (χ4n) is 3.99. The first-order valence-corrected chi connectivity index (χ1v) is 9.30. The molecule has 0 saturated carbocycles. The summed E-state index contributed by atoms with van der Waals surface area (Å²) in [6.45, 7) is 7.92. The minimum atomic E-state index is -0.742. The number of furan rings is 1. The Balaban J connectivity index is 1.56. The lowest BCUT2D eigenvalue weighted by atomic mass is 9.90. The van der Waals surface area contributed by atoms with Gasteiger partial charge in [0.05, 0.1) is 6.26 Å². The molecule has 0 radical (unpaired) electrons. The van der Waals surface area contributed by atoms with E-state index in [4.69, 9.17) is 10.2 Å². The van der Waals surface area contributed by atoms with Gasteiger partial charge < -0.3 is 15.1 Å². The number of nitrogens with zero attached hydrogens (tertiary/aromatic N) is 3. The van der Waals surface area contributed by atoms with Gasteiger partial charge in [-0.15, -0.1) is 0 Å². The maximum atomic E-state index is 12.8. The molecule has 142 valence electrons. The highest BCUT2D eigenvalue weighted by atomic mass is 16.3. The smallest absolute Gasteiger partial charge is 0.289 e. The monoisotopic (exact) mass is 360 g/mol. The molecule has 1 fully saturated rings. The molecule has 26 heavy (non-hydrogen) atoms. The van der Waals surface area contributed by atoms with Crippen LogP contribution in [0.4, 0.5) is 0 Å². The molecule has 0 aliphatic carbocycles. The number of piperidine rings is 1. The van der Waals surface area contributed by atoms with Gasteiger partial charge in [-0.05, 0) is 50.2 Å². The van der Waals surface area contributed by atoms with Crippen LogP contribution in [-0.4, -0.2) is 52.7 Å². The Morgan fingerprint density at radius 1 is 1.42 bits per heavy atom. The van der Waals surface area contributed by atoms with Gasteiger partial charge in [-0.25, -0.2) is 4.99 Å². The van der Waals surface area contributed by atoms with Crippen molar-refractivity contribution in [2.75, 3.05) is 19.6 Å². The number of hydrogen-bond acceptors (Lipinski definition) is 5. The average Bonchev–Trinajstić information content (AvgIpc) is 3.18. The van der Waals surface area contributed by atoms with E-state index in [1.165, 1.54) is 6.26 Å². The quantitative estimate of drug-likeness (QED) is 0.870. The van der Waals surface area contributed by atoms with Crippen molar-refractivity contribution in [3.63, 3.8) is 0 Å². The van der Waals surface area contributed by atoms with Crippen molar-refractivity contribution >= 4 is 17.8 Å². The van der Waals surface area contributed by atoms with Crippen LogP contribution in [0.15, 0.2) is 27.8 Å². The van der Waals surface area contributed by atoms with Crippen LogP contribution in [0.1, 0.15) is 50.6 Å². The first-order valence-electron chi connectivity index (χ1n) is 9.30. The number of rotatable bonds is 5. The maximum absolute atomic E-state index is 12.8. The van der Waals surface area contributed by atoms with Gasteiger partial charge >= 0.3 is 0 Å². The van der Waals surface area contributed by atoms with Crippen LogP contribution in [0.2, 0.25) is 0 Å². The zero-order chi connectivity index (χ0) is 18.9. The highest BCUT2D eigenvalue weighted by Gasteiger charge is 2.44. The molecule has 2 N–H and O–H groups in total. The van der Waals surface area contributed by atoms with E-state index in [2.05, 4.69) is 18.8 Å². The van der Waals surface area contributed by atoms with E-state index >= 15 is 0 Å². The van der Waals surface area contributed by atoms with Gasteiger partial charge in [-0.2, -0.15) is 0 Å². The van der Waals surface area contributed by atoms with Crippen molar-refractivity contribution in [1.82, 2.24) is 9.80 Å². The predicted octanol–water partition coefficient (Wildman–Crippen LogP) is 2.09. The summed E-state index contributed by atoms with van der Waals surface area (Å²) in [7, 11) is 0. The van der Waals surface area contributed by atoms with Gasteiger partial charge in [0.1, 0.15) is 5.54 Å². The van der Waals surface area contributed by atoms with E-state index in [0.717, 1.165) is 12.8 Å². The third-order valence-corrected chi connectivity index (χ3v) is 5.22. The molecule has 2 aliphatic heterocycles. The van der Waals surface area contributed by atoms with Crippen LogP contribution in [0.3, 0.4) is 0 Å². The lowest BCUT2D eigenvalue weighted by Gasteiger charge is -2.33. The molecule has 0 spiro atoms. The molecule has 2 aliphatic rings. The van der Waals surface area contributed by atoms with E-state index in [9.17, 15) is 9.59 Å². The van der Waals surface area contributed by atoms with Crippen molar-refractivity contribution in [3.8, 4) is 0 Å². The molecule has 3 heterocycles. The number of carbonyl (C=O) groups excluding carboxylic acids is 2. The highest BCUT2D eigenvalue weighted by Crippen LogP contribution is 2.30. The van der Waals surface area contributed by atoms with Crippen LogP contribution in [0, 0.1) is 11.8 Å². The normalized spacial score (nSPS) is 24.5. The molecular weight excluding hydrogens is 332 g/mol. The molecule has 1 atom stereocenters.